The highest BCUT2D eigenvalue weighted by Crippen LogP contribution is 2.36. The Kier molecular flexibility index (Phi) is 11.5. The van der Waals surface area contributed by atoms with Gasteiger partial charge in [-0.1, -0.05) is 62.4 Å². The molecule has 2 N–H and O–H groups in total. The summed E-state index contributed by atoms with van der Waals surface area (Å²) in [6.07, 6.45) is 12.8. The average molecular weight is 567 g/mol. The molecule has 0 spiro atoms. The number of carbonyl (C=O) groups excluding carboxylic acids is 1. The summed E-state index contributed by atoms with van der Waals surface area (Å²) in [4.78, 5) is 28.0. The van der Waals surface area contributed by atoms with Crippen molar-refractivity contribution in [2.45, 2.75) is 89.4 Å². The molecule has 218 valence electrons. The van der Waals surface area contributed by atoms with E-state index in [9.17, 15) is 14.7 Å². The predicted molar refractivity (Wildman–Crippen MR) is 164 cm³/mol. The zero-order valence-corrected chi connectivity index (χ0v) is 25.2. The number of hydrogen-bond donors (Lipinski definition) is 2. The second-order valence-electron chi connectivity index (χ2n) is 11.6. The monoisotopic (exact) mass is 566 g/mol. The summed E-state index contributed by atoms with van der Waals surface area (Å²) in [6.45, 7) is 3.61. The molecule has 2 aliphatic rings. The van der Waals surface area contributed by atoms with Gasteiger partial charge in [-0.15, -0.1) is 0 Å². The third kappa shape index (κ3) is 7.89. The smallest absolute Gasteiger partial charge is 0.326 e. The van der Waals surface area contributed by atoms with E-state index >= 15 is 0 Å². The molecule has 6 nitrogen and oxygen atoms in total. The van der Waals surface area contributed by atoms with E-state index in [1.54, 1.807) is 18.9 Å². The van der Waals surface area contributed by atoms with Gasteiger partial charge in [0.25, 0.3) is 5.91 Å². The Morgan fingerprint density at radius 2 is 1.80 bits per heavy atom. The number of benzene rings is 2. The average Bonchev–Trinajstić information content (AvgIpc) is 3.32. The fourth-order valence-electron chi connectivity index (χ4n) is 6.63. The summed E-state index contributed by atoms with van der Waals surface area (Å²) in [5.74, 6) is 0.150. The number of hydrogen-bond acceptors (Lipinski definition) is 5. The number of carboxylic acids is 1. The van der Waals surface area contributed by atoms with Crippen LogP contribution in [-0.2, 0) is 16.1 Å². The van der Waals surface area contributed by atoms with E-state index in [4.69, 9.17) is 4.74 Å². The van der Waals surface area contributed by atoms with E-state index in [1.165, 1.54) is 50.5 Å². The second kappa shape index (κ2) is 15.0. The summed E-state index contributed by atoms with van der Waals surface area (Å²) < 4.78 is 5.63. The number of likely N-dealkylation sites (tertiary alicyclic amines) is 1. The van der Waals surface area contributed by atoms with Gasteiger partial charge in [0.1, 0.15) is 6.04 Å². The van der Waals surface area contributed by atoms with Gasteiger partial charge >= 0.3 is 5.97 Å². The molecule has 1 aliphatic heterocycles. The zero-order valence-electron chi connectivity index (χ0n) is 24.4. The number of aliphatic carboxylic acids is 1. The molecule has 1 unspecified atom stereocenters. The first-order chi connectivity index (χ1) is 19.4. The number of rotatable bonds is 13. The van der Waals surface area contributed by atoms with Gasteiger partial charge in [-0.2, -0.15) is 11.8 Å². The SMILES string of the molecule is COCC1CC[C@H](CC2CCCCC2)N1Cc1ccc(C(=O)N[C@@H](CCSC)C(=O)O)c(-c2ccccc2C)c1. The fraction of sp³-hybridized carbons (Fsp3) is 0.576. The van der Waals surface area contributed by atoms with Crippen molar-refractivity contribution < 1.29 is 19.4 Å². The number of thioether (sulfide) groups is 1. The highest BCUT2D eigenvalue weighted by Gasteiger charge is 2.35. The van der Waals surface area contributed by atoms with Gasteiger partial charge in [-0.3, -0.25) is 9.69 Å². The number of methoxy groups -OCH3 is 1. The molecule has 1 amide bonds. The Bertz CT molecular complexity index is 1130. The minimum atomic E-state index is -1.00. The van der Waals surface area contributed by atoms with Crippen LogP contribution in [0, 0.1) is 12.8 Å². The normalized spacial score (nSPS) is 20.9. The Hall–Kier alpha value is -2.35. The number of nitrogens with zero attached hydrogens (tertiary/aromatic N) is 1. The van der Waals surface area contributed by atoms with E-state index < -0.39 is 12.0 Å². The van der Waals surface area contributed by atoms with Crippen LogP contribution in [0.25, 0.3) is 11.1 Å². The molecule has 2 aromatic rings. The van der Waals surface area contributed by atoms with Crippen molar-refractivity contribution in [1.82, 2.24) is 10.2 Å². The summed E-state index contributed by atoms with van der Waals surface area (Å²) in [5, 5.41) is 12.5. The lowest BCUT2D eigenvalue weighted by atomic mass is 9.84. The van der Waals surface area contributed by atoms with Crippen LogP contribution in [-0.4, -0.2) is 65.7 Å². The summed E-state index contributed by atoms with van der Waals surface area (Å²) in [5.41, 5.74) is 4.62. The number of aryl methyl sites for hydroxylation is 1. The molecule has 7 heteroatoms. The molecule has 40 heavy (non-hydrogen) atoms. The molecule has 1 heterocycles. The summed E-state index contributed by atoms with van der Waals surface area (Å²) in [7, 11) is 1.79. The molecular weight excluding hydrogens is 520 g/mol. The van der Waals surface area contributed by atoms with Crippen LogP contribution in [0.5, 0.6) is 0 Å². The second-order valence-corrected chi connectivity index (χ2v) is 12.6. The largest absolute Gasteiger partial charge is 0.480 e. The van der Waals surface area contributed by atoms with Crippen LogP contribution in [0.15, 0.2) is 42.5 Å². The van der Waals surface area contributed by atoms with Crippen LogP contribution in [0.4, 0.5) is 0 Å². The molecule has 1 saturated heterocycles. The third-order valence-electron chi connectivity index (χ3n) is 8.80. The molecule has 2 aromatic carbocycles. The maximum Gasteiger partial charge on any atom is 0.326 e. The van der Waals surface area contributed by atoms with Crippen molar-refractivity contribution >= 4 is 23.6 Å². The van der Waals surface area contributed by atoms with Crippen LogP contribution >= 0.6 is 11.8 Å². The summed E-state index contributed by atoms with van der Waals surface area (Å²) in [6, 6.07) is 14.2. The number of carboxylic acid groups (broad SMARTS) is 1. The first kappa shape index (κ1) is 30.6. The Morgan fingerprint density at radius 1 is 1.05 bits per heavy atom. The minimum Gasteiger partial charge on any atom is -0.480 e. The Morgan fingerprint density at radius 3 is 2.50 bits per heavy atom. The van der Waals surface area contributed by atoms with Gasteiger partial charge in [0.15, 0.2) is 0 Å². The Balaban J connectivity index is 1.62. The van der Waals surface area contributed by atoms with E-state index in [0.717, 1.165) is 42.2 Å². The van der Waals surface area contributed by atoms with Crippen molar-refractivity contribution in [2.24, 2.45) is 5.92 Å². The van der Waals surface area contributed by atoms with Gasteiger partial charge < -0.3 is 15.2 Å². The van der Waals surface area contributed by atoms with Crippen molar-refractivity contribution in [3.63, 3.8) is 0 Å². The quantitative estimate of drug-likeness (QED) is 0.286. The molecule has 2 fully saturated rings. The van der Waals surface area contributed by atoms with E-state index in [1.807, 2.05) is 36.6 Å². The molecule has 1 saturated carbocycles. The highest BCUT2D eigenvalue weighted by molar-refractivity contribution is 7.98. The number of carbonyl (C=O) groups is 2. The highest BCUT2D eigenvalue weighted by atomic mass is 32.2. The molecule has 1 aliphatic carbocycles. The lowest BCUT2D eigenvalue weighted by molar-refractivity contribution is -0.139. The molecule has 0 radical (unpaired) electrons. The van der Waals surface area contributed by atoms with Crippen molar-refractivity contribution in [1.29, 1.82) is 0 Å². The van der Waals surface area contributed by atoms with Gasteiger partial charge in [-0.05, 0) is 84.9 Å². The molecule has 4 rings (SSSR count). The zero-order chi connectivity index (χ0) is 28.5. The van der Waals surface area contributed by atoms with Gasteiger partial charge in [0.05, 0.1) is 6.61 Å². The van der Waals surface area contributed by atoms with Crippen LogP contribution < -0.4 is 5.32 Å². The number of ether oxygens (including phenoxy) is 1. The third-order valence-corrected chi connectivity index (χ3v) is 9.45. The first-order valence-corrected chi connectivity index (χ1v) is 16.3. The van der Waals surface area contributed by atoms with E-state index in [0.29, 0.717) is 29.8 Å². The van der Waals surface area contributed by atoms with E-state index in [-0.39, 0.29) is 5.91 Å². The van der Waals surface area contributed by atoms with E-state index in [2.05, 4.69) is 29.3 Å². The van der Waals surface area contributed by atoms with Gasteiger partial charge in [0.2, 0.25) is 0 Å². The lowest BCUT2D eigenvalue weighted by Gasteiger charge is -2.33. The van der Waals surface area contributed by atoms with Crippen molar-refractivity contribution in [3.05, 3.63) is 59.2 Å². The lowest BCUT2D eigenvalue weighted by Crippen LogP contribution is -2.41. The van der Waals surface area contributed by atoms with Crippen molar-refractivity contribution in [2.75, 3.05) is 25.7 Å². The minimum absolute atomic E-state index is 0.341. The Labute approximate surface area is 244 Å². The van der Waals surface area contributed by atoms with Crippen molar-refractivity contribution in [3.8, 4) is 11.1 Å². The standard InChI is InChI=1S/C33H46N2O4S/c1-23-9-7-8-12-28(23)30-20-25(13-16-29(30)32(36)34-31(33(37)38)17-18-40-3)21-35-26(14-15-27(35)22-39-2)19-24-10-5-4-6-11-24/h7-9,12-13,16,20,24,26-27,31H,4-6,10-11,14-15,17-19,21-22H2,1-3H3,(H,34,36)(H,37,38)/t26-,27?,31+/m1/s1. The van der Waals surface area contributed by atoms with Gasteiger partial charge in [-0.25, -0.2) is 4.79 Å². The summed E-state index contributed by atoms with van der Waals surface area (Å²) >= 11 is 1.58. The fourth-order valence-corrected chi connectivity index (χ4v) is 7.10. The predicted octanol–water partition coefficient (Wildman–Crippen LogP) is 6.55. The molecular formula is C33H46N2O4S. The topological polar surface area (TPSA) is 78.9 Å². The maximum atomic E-state index is 13.5. The van der Waals surface area contributed by atoms with Crippen LogP contribution in [0.1, 0.15) is 79.3 Å². The first-order valence-electron chi connectivity index (χ1n) is 14.9. The molecule has 0 aromatic heterocycles. The van der Waals surface area contributed by atoms with Crippen LogP contribution in [0.2, 0.25) is 0 Å². The number of amides is 1. The number of nitrogens with one attached hydrogen (secondary N) is 1. The molecule has 0 bridgehead atoms. The maximum absolute atomic E-state index is 13.5. The van der Waals surface area contributed by atoms with Crippen LogP contribution in [0.3, 0.4) is 0 Å². The van der Waals surface area contributed by atoms with Gasteiger partial charge in [0, 0.05) is 31.3 Å². The molecule has 3 atom stereocenters.